The van der Waals surface area contributed by atoms with E-state index < -0.39 is 23.6 Å². The van der Waals surface area contributed by atoms with Crippen molar-refractivity contribution in [3.8, 4) is 0 Å². The number of para-hydroxylation sites is 1. The van der Waals surface area contributed by atoms with Crippen LogP contribution in [-0.2, 0) is 11.0 Å². The number of nitrogens with one attached hydrogen (secondary N) is 3. The zero-order valence-electron chi connectivity index (χ0n) is 12.6. The van der Waals surface area contributed by atoms with E-state index in [0.29, 0.717) is 5.69 Å². The minimum Gasteiger partial charge on any atom is -0.355 e. The Morgan fingerprint density at radius 3 is 2.33 bits per heavy atom. The molecule has 0 bridgehead atoms. The molecule has 2 aromatic rings. The van der Waals surface area contributed by atoms with Gasteiger partial charge in [-0.05, 0) is 30.3 Å². The molecule has 0 aliphatic rings. The predicted octanol–water partition coefficient (Wildman–Crippen LogP) is 3.23. The molecule has 8 heteroatoms. The van der Waals surface area contributed by atoms with Crippen LogP contribution in [0, 0.1) is 0 Å². The maximum atomic E-state index is 12.8. The van der Waals surface area contributed by atoms with Gasteiger partial charge in [-0.15, -0.1) is 0 Å². The molecule has 0 fully saturated rings. The molecule has 0 atom stereocenters. The van der Waals surface area contributed by atoms with Gasteiger partial charge in [0, 0.05) is 12.6 Å². The number of carbonyl (C=O) groups excluding carboxylic acids is 2. The van der Waals surface area contributed by atoms with Crippen molar-refractivity contribution in [3.05, 3.63) is 59.7 Å². The first-order chi connectivity index (χ1) is 11.3. The number of hydrazine groups is 1. The summed E-state index contributed by atoms with van der Waals surface area (Å²) in [6.07, 6.45) is -4.46. The van der Waals surface area contributed by atoms with Crippen LogP contribution >= 0.6 is 0 Å². The lowest BCUT2D eigenvalue weighted by Gasteiger charge is -2.14. The molecular weight excluding hydrogens is 323 g/mol. The highest BCUT2D eigenvalue weighted by Gasteiger charge is 2.30. The molecule has 0 aliphatic heterocycles. The van der Waals surface area contributed by atoms with Gasteiger partial charge in [-0.3, -0.25) is 20.4 Å². The summed E-state index contributed by atoms with van der Waals surface area (Å²) in [6.45, 7) is 1.23. The van der Waals surface area contributed by atoms with Crippen LogP contribution in [0.1, 0.15) is 22.8 Å². The fraction of sp³-hybridized carbons (Fsp3) is 0.125. The van der Waals surface area contributed by atoms with Crippen molar-refractivity contribution in [2.75, 3.05) is 5.32 Å². The summed E-state index contributed by atoms with van der Waals surface area (Å²) >= 11 is 0. The second-order valence-corrected chi connectivity index (χ2v) is 4.88. The summed E-state index contributed by atoms with van der Waals surface area (Å²) in [5.41, 5.74) is 4.21. The van der Waals surface area contributed by atoms with Crippen LogP contribution in [0.5, 0.6) is 0 Å². The van der Waals surface area contributed by atoms with E-state index in [4.69, 9.17) is 0 Å². The first kappa shape index (κ1) is 17.3. The molecule has 126 valence electrons. The first-order valence-electron chi connectivity index (χ1n) is 6.87. The Hall–Kier alpha value is -3.03. The van der Waals surface area contributed by atoms with Gasteiger partial charge in [0.05, 0.1) is 16.8 Å². The highest BCUT2D eigenvalue weighted by molar-refractivity contribution is 6.00. The van der Waals surface area contributed by atoms with E-state index in [1.54, 1.807) is 18.2 Å². The summed E-state index contributed by atoms with van der Waals surface area (Å²) in [6, 6.07) is 10.9. The smallest absolute Gasteiger partial charge is 0.355 e. The number of carbonyl (C=O) groups is 2. The fourth-order valence-electron chi connectivity index (χ4n) is 1.93. The Balaban J connectivity index is 2.25. The molecule has 0 aliphatic carbocycles. The van der Waals surface area contributed by atoms with Gasteiger partial charge in [-0.1, -0.05) is 18.2 Å². The van der Waals surface area contributed by atoms with E-state index in [2.05, 4.69) is 16.2 Å². The van der Waals surface area contributed by atoms with Crippen LogP contribution in [0.25, 0.3) is 0 Å². The quantitative estimate of drug-likeness (QED) is 0.753. The molecule has 5 nitrogen and oxygen atoms in total. The molecule has 0 heterocycles. The molecule has 24 heavy (non-hydrogen) atoms. The molecule has 0 saturated carbocycles. The number of alkyl halides is 3. The van der Waals surface area contributed by atoms with Gasteiger partial charge >= 0.3 is 6.18 Å². The molecule has 0 radical (unpaired) electrons. The number of hydrogen-bond donors (Lipinski definition) is 3. The van der Waals surface area contributed by atoms with Crippen molar-refractivity contribution in [2.45, 2.75) is 13.1 Å². The summed E-state index contributed by atoms with van der Waals surface area (Å²) in [7, 11) is 0. The van der Waals surface area contributed by atoms with E-state index in [0.717, 1.165) is 12.1 Å². The van der Waals surface area contributed by atoms with Crippen LogP contribution in [0.3, 0.4) is 0 Å². The van der Waals surface area contributed by atoms with E-state index >= 15 is 0 Å². The molecule has 0 saturated heterocycles. The van der Waals surface area contributed by atoms with Crippen molar-refractivity contribution in [3.63, 3.8) is 0 Å². The van der Waals surface area contributed by atoms with E-state index in [1.807, 2.05) is 0 Å². The number of rotatable bonds is 3. The van der Waals surface area contributed by atoms with Crippen LogP contribution in [0.2, 0.25) is 0 Å². The minimum absolute atomic E-state index is 0.170. The SMILES string of the molecule is CC(=O)NNC(=O)c1ccccc1Nc1cccc(C(F)(F)F)c1. The van der Waals surface area contributed by atoms with E-state index in [9.17, 15) is 22.8 Å². The predicted molar refractivity (Wildman–Crippen MR) is 82.5 cm³/mol. The Morgan fingerprint density at radius 1 is 0.958 bits per heavy atom. The standard InChI is InChI=1S/C16H14F3N3O2/c1-10(23)21-22-15(24)13-7-2-3-8-14(13)20-12-6-4-5-11(9-12)16(17,18)19/h2-9,20H,1H3,(H,21,23)(H,22,24). The molecule has 0 unspecified atom stereocenters. The lowest BCUT2D eigenvalue weighted by Crippen LogP contribution is -2.40. The van der Waals surface area contributed by atoms with Gasteiger partial charge < -0.3 is 5.32 Å². The number of halogens is 3. The van der Waals surface area contributed by atoms with E-state index in [-0.39, 0.29) is 11.3 Å². The van der Waals surface area contributed by atoms with Gasteiger partial charge in [-0.25, -0.2) is 0 Å². The molecule has 3 N–H and O–H groups in total. The second-order valence-electron chi connectivity index (χ2n) is 4.88. The first-order valence-corrected chi connectivity index (χ1v) is 6.87. The van der Waals surface area contributed by atoms with Crippen molar-refractivity contribution in [1.82, 2.24) is 10.9 Å². The van der Waals surface area contributed by atoms with Crippen LogP contribution in [0.15, 0.2) is 48.5 Å². The summed E-state index contributed by atoms with van der Waals surface area (Å²) in [4.78, 5) is 22.9. The Morgan fingerprint density at radius 2 is 1.67 bits per heavy atom. The minimum atomic E-state index is -4.46. The number of hydrogen-bond acceptors (Lipinski definition) is 3. The molecule has 2 amide bonds. The monoisotopic (exact) mass is 337 g/mol. The fourth-order valence-corrected chi connectivity index (χ4v) is 1.93. The maximum absolute atomic E-state index is 12.8. The highest BCUT2D eigenvalue weighted by Crippen LogP contribution is 2.31. The topological polar surface area (TPSA) is 70.2 Å². The number of benzene rings is 2. The third kappa shape index (κ3) is 4.48. The van der Waals surface area contributed by atoms with Gasteiger partial charge in [-0.2, -0.15) is 13.2 Å². The van der Waals surface area contributed by atoms with Gasteiger partial charge in [0.15, 0.2) is 0 Å². The Bertz CT molecular complexity index is 760. The Labute approximate surface area is 135 Å². The third-order valence-electron chi connectivity index (χ3n) is 2.99. The summed E-state index contributed by atoms with van der Waals surface area (Å²) in [5.74, 6) is -1.05. The summed E-state index contributed by atoms with van der Waals surface area (Å²) < 4.78 is 38.3. The Kier molecular flexibility index (Phi) is 5.08. The lowest BCUT2D eigenvalue weighted by molar-refractivity contribution is -0.137. The number of anilines is 2. The highest BCUT2D eigenvalue weighted by atomic mass is 19.4. The van der Waals surface area contributed by atoms with Crippen molar-refractivity contribution >= 4 is 23.2 Å². The van der Waals surface area contributed by atoms with Crippen LogP contribution in [-0.4, -0.2) is 11.8 Å². The largest absolute Gasteiger partial charge is 0.416 e. The normalized spacial score (nSPS) is 10.8. The van der Waals surface area contributed by atoms with Crippen LogP contribution < -0.4 is 16.2 Å². The zero-order valence-corrected chi connectivity index (χ0v) is 12.6. The third-order valence-corrected chi connectivity index (χ3v) is 2.99. The zero-order chi connectivity index (χ0) is 17.7. The molecule has 0 aromatic heterocycles. The van der Waals surface area contributed by atoms with Gasteiger partial charge in [0.25, 0.3) is 5.91 Å². The van der Waals surface area contributed by atoms with Crippen molar-refractivity contribution in [2.24, 2.45) is 0 Å². The molecule has 0 spiro atoms. The van der Waals surface area contributed by atoms with Crippen molar-refractivity contribution in [1.29, 1.82) is 0 Å². The maximum Gasteiger partial charge on any atom is 0.416 e. The van der Waals surface area contributed by atoms with Gasteiger partial charge in [0.2, 0.25) is 5.91 Å². The van der Waals surface area contributed by atoms with Crippen molar-refractivity contribution < 1.29 is 22.8 Å². The second kappa shape index (κ2) is 7.03. The summed E-state index contributed by atoms with van der Waals surface area (Å²) in [5, 5.41) is 2.78. The number of amides is 2. The molecule has 2 rings (SSSR count). The average Bonchev–Trinajstić information content (AvgIpc) is 2.52. The molecular formula is C16H14F3N3O2. The van der Waals surface area contributed by atoms with Crippen LogP contribution in [0.4, 0.5) is 24.5 Å². The van der Waals surface area contributed by atoms with E-state index in [1.165, 1.54) is 25.1 Å². The average molecular weight is 337 g/mol. The molecule has 2 aromatic carbocycles. The van der Waals surface area contributed by atoms with Gasteiger partial charge in [0.1, 0.15) is 0 Å². The lowest BCUT2D eigenvalue weighted by atomic mass is 10.1.